The number of esters is 1. The minimum absolute atomic E-state index is 0.148. The summed E-state index contributed by atoms with van der Waals surface area (Å²) in [6.07, 6.45) is 0. The van der Waals surface area contributed by atoms with E-state index in [1.165, 1.54) is 11.9 Å². The number of ether oxygens (including phenoxy) is 1. The van der Waals surface area contributed by atoms with Crippen molar-refractivity contribution in [1.82, 2.24) is 20.2 Å². The summed E-state index contributed by atoms with van der Waals surface area (Å²) in [4.78, 5) is 17.6. The van der Waals surface area contributed by atoms with Gasteiger partial charge in [0.1, 0.15) is 0 Å². The van der Waals surface area contributed by atoms with Gasteiger partial charge in [0.05, 0.1) is 25.3 Å². The van der Waals surface area contributed by atoms with Crippen molar-refractivity contribution in [1.29, 1.82) is 0 Å². The normalized spacial score (nSPS) is 12.5. The summed E-state index contributed by atoms with van der Waals surface area (Å²) in [5, 5.41) is 15.3. The highest BCUT2D eigenvalue weighted by molar-refractivity contribution is 5.95. The van der Waals surface area contributed by atoms with E-state index in [0.29, 0.717) is 23.0 Å². The molecule has 0 saturated heterocycles. The van der Waals surface area contributed by atoms with Crippen LogP contribution in [-0.2, 0) is 11.3 Å². The third-order valence-electron chi connectivity index (χ3n) is 3.99. The maximum absolute atomic E-state index is 11.6. The number of benzene rings is 2. The number of tetrazole rings is 1. The Hall–Kier alpha value is -3.59. The van der Waals surface area contributed by atoms with Crippen molar-refractivity contribution in [3.05, 3.63) is 71.5 Å². The fourth-order valence-electron chi connectivity index (χ4n) is 2.47. The van der Waals surface area contributed by atoms with Crippen molar-refractivity contribution in [3.63, 3.8) is 0 Å². The van der Waals surface area contributed by atoms with Crippen LogP contribution < -0.4 is 11.1 Å². The van der Waals surface area contributed by atoms with Crippen LogP contribution in [0.15, 0.2) is 59.6 Å². The molecule has 3 N–H and O–H groups in total. The molecule has 3 aromatic rings. The lowest BCUT2D eigenvalue weighted by Crippen LogP contribution is -2.25. The average molecular weight is 379 g/mol. The molecule has 0 spiro atoms. The van der Waals surface area contributed by atoms with Gasteiger partial charge in [0.15, 0.2) is 5.82 Å². The molecule has 1 aromatic heterocycles. The molecule has 144 valence electrons. The number of methoxy groups -OCH3 is 1. The first-order valence-corrected chi connectivity index (χ1v) is 8.68. The molecule has 0 amide bonds. The van der Waals surface area contributed by atoms with E-state index in [-0.39, 0.29) is 12.6 Å². The average Bonchev–Trinajstić information content (AvgIpc) is 3.23. The number of hydrogen-bond donors (Lipinski definition) is 2. The van der Waals surface area contributed by atoms with Gasteiger partial charge in [-0.3, -0.25) is 0 Å². The Balaban J connectivity index is 1.90. The van der Waals surface area contributed by atoms with Crippen LogP contribution in [0, 0.1) is 0 Å². The number of aromatic nitrogens is 4. The molecule has 0 aliphatic carbocycles. The van der Waals surface area contributed by atoms with Gasteiger partial charge < -0.3 is 15.8 Å². The molecule has 0 aliphatic heterocycles. The van der Waals surface area contributed by atoms with E-state index in [1.54, 1.807) is 24.3 Å². The molecule has 0 radical (unpaired) electrons. The molecule has 0 fully saturated rings. The molecule has 0 bridgehead atoms. The van der Waals surface area contributed by atoms with Gasteiger partial charge >= 0.3 is 5.97 Å². The minimum Gasteiger partial charge on any atom is -0.465 e. The lowest BCUT2D eigenvalue weighted by atomic mass is 10.1. The van der Waals surface area contributed by atoms with Crippen LogP contribution in [0.2, 0.25) is 0 Å². The first-order chi connectivity index (χ1) is 13.6. The number of anilines is 1. The zero-order chi connectivity index (χ0) is 19.9. The first-order valence-electron chi connectivity index (χ1n) is 8.68. The summed E-state index contributed by atoms with van der Waals surface area (Å²) in [6, 6.07) is 16.5. The molecule has 2 aromatic carbocycles. The van der Waals surface area contributed by atoms with Gasteiger partial charge in [-0.05, 0) is 42.0 Å². The molecule has 0 aliphatic rings. The minimum atomic E-state index is -0.399. The second kappa shape index (κ2) is 8.87. The van der Waals surface area contributed by atoms with Gasteiger partial charge in [0, 0.05) is 5.69 Å². The van der Waals surface area contributed by atoms with E-state index < -0.39 is 5.97 Å². The third-order valence-corrected chi connectivity index (χ3v) is 3.99. The molecular weight excluding hydrogens is 358 g/mol. The Labute approximate surface area is 162 Å². The van der Waals surface area contributed by atoms with E-state index in [9.17, 15) is 4.79 Å². The fraction of sp³-hybridized carbons (Fsp3) is 0.211. The Kier molecular flexibility index (Phi) is 6.07. The highest BCUT2D eigenvalue weighted by Crippen LogP contribution is 2.17. The highest BCUT2D eigenvalue weighted by Gasteiger charge is 2.13. The second-order valence-electron chi connectivity index (χ2n) is 5.93. The van der Waals surface area contributed by atoms with E-state index in [4.69, 9.17) is 15.5 Å². The monoisotopic (exact) mass is 379 g/mol. The lowest BCUT2D eigenvalue weighted by molar-refractivity contribution is 0.0601. The number of rotatable bonds is 5. The van der Waals surface area contributed by atoms with Crippen molar-refractivity contribution >= 4 is 17.6 Å². The van der Waals surface area contributed by atoms with Gasteiger partial charge in [-0.25, -0.2) is 9.79 Å². The lowest BCUT2D eigenvalue weighted by Gasteiger charge is -2.12. The van der Waals surface area contributed by atoms with Crippen molar-refractivity contribution in [2.45, 2.75) is 19.5 Å². The van der Waals surface area contributed by atoms with E-state index in [2.05, 4.69) is 20.7 Å². The number of nitrogens with one attached hydrogen (secondary N) is 1. The van der Waals surface area contributed by atoms with Gasteiger partial charge in [0.2, 0.25) is 5.96 Å². The number of aliphatic imine (C=N–C) groups is 1. The van der Waals surface area contributed by atoms with Crippen molar-refractivity contribution in [2.24, 2.45) is 10.7 Å². The summed E-state index contributed by atoms with van der Waals surface area (Å²) in [6.45, 7) is 2.15. The van der Waals surface area contributed by atoms with Crippen LogP contribution >= 0.6 is 0 Å². The third kappa shape index (κ3) is 4.57. The number of hydrogen-bond acceptors (Lipinski definition) is 7. The first kappa shape index (κ1) is 19.2. The van der Waals surface area contributed by atoms with Gasteiger partial charge in [-0.15, -0.1) is 10.2 Å². The van der Waals surface area contributed by atoms with E-state index in [1.807, 2.05) is 37.3 Å². The van der Waals surface area contributed by atoms with Crippen LogP contribution in [0.5, 0.6) is 0 Å². The van der Waals surface area contributed by atoms with Crippen molar-refractivity contribution in [3.8, 4) is 0 Å². The molecule has 0 unspecified atom stereocenters. The second-order valence-corrected chi connectivity index (χ2v) is 5.93. The Morgan fingerprint density at radius 1 is 1.21 bits per heavy atom. The number of carbonyl (C=O) groups is 1. The van der Waals surface area contributed by atoms with Crippen LogP contribution in [0.1, 0.15) is 34.7 Å². The summed E-state index contributed by atoms with van der Waals surface area (Å²) >= 11 is 0. The predicted molar refractivity (Wildman–Crippen MR) is 105 cm³/mol. The standard InChI is InChI=1S/C19H21N7O2/c1-13(14-6-4-3-5-7-14)21-19(26-24-17(12-20)23-25-26)22-16-10-8-15(9-11-16)18(27)28-2/h3-11,13H,12,20H2,1-2H3,(H,21,22)/t13-/m0/s1. The van der Waals surface area contributed by atoms with Gasteiger partial charge in [-0.1, -0.05) is 35.1 Å². The quantitative estimate of drug-likeness (QED) is 0.395. The number of nitrogens with zero attached hydrogens (tertiary/aromatic N) is 5. The summed E-state index contributed by atoms with van der Waals surface area (Å²) in [5.41, 5.74) is 7.79. The van der Waals surface area contributed by atoms with E-state index in [0.717, 1.165) is 5.56 Å². The topological polar surface area (TPSA) is 120 Å². The molecule has 28 heavy (non-hydrogen) atoms. The van der Waals surface area contributed by atoms with Crippen LogP contribution in [0.4, 0.5) is 5.69 Å². The zero-order valence-electron chi connectivity index (χ0n) is 15.6. The molecule has 1 heterocycles. The maximum Gasteiger partial charge on any atom is 0.337 e. The molecular formula is C19H21N7O2. The molecule has 3 rings (SSSR count). The van der Waals surface area contributed by atoms with Crippen LogP contribution in [-0.4, -0.2) is 39.2 Å². The Morgan fingerprint density at radius 2 is 1.93 bits per heavy atom. The fourth-order valence-corrected chi connectivity index (χ4v) is 2.47. The van der Waals surface area contributed by atoms with Crippen LogP contribution in [0.3, 0.4) is 0 Å². The maximum atomic E-state index is 11.6. The Morgan fingerprint density at radius 3 is 2.54 bits per heavy atom. The van der Waals surface area contributed by atoms with Crippen molar-refractivity contribution < 1.29 is 9.53 Å². The van der Waals surface area contributed by atoms with Crippen LogP contribution in [0.25, 0.3) is 0 Å². The zero-order valence-corrected chi connectivity index (χ0v) is 15.6. The van der Waals surface area contributed by atoms with Crippen molar-refractivity contribution in [2.75, 3.05) is 12.4 Å². The smallest absolute Gasteiger partial charge is 0.337 e. The highest BCUT2D eigenvalue weighted by atomic mass is 16.5. The van der Waals surface area contributed by atoms with Gasteiger partial charge in [0.25, 0.3) is 0 Å². The summed E-state index contributed by atoms with van der Waals surface area (Å²) in [5.74, 6) is 0.390. The number of carbonyl (C=O) groups excluding carboxylic acids is 1. The molecule has 9 heteroatoms. The van der Waals surface area contributed by atoms with E-state index >= 15 is 0 Å². The summed E-state index contributed by atoms with van der Waals surface area (Å²) in [7, 11) is 1.34. The Bertz CT molecular complexity index is 952. The SMILES string of the molecule is COC(=O)c1ccc(NC(=N[C@@H](C)c2ccccc2)n2nnc(CN)n2)cc1. The number of nitrogens with two attached hydrogens (primary N) is 1. The molecule has 0 saturated carbocycles. The molecule has 1 atom stereocenters. The van der Waals surface area contributed by atoms with Gasteiger partial charge in [-0.2, -0.15) is 0 Å². The predicted octanol–water partition coefficient (Wildman–Crippen LogP) is 2.00. The summed E-state index contributed by atoms with van der Waals surface area (Å²) < 4.78 is 4.72. The molecule has 9 nitrogen and oxygen atoms in total. The largest absolute Gasteiger partial charge is 0.465 e.